The van der Waals surface area contributed by atoms with Crippen molar-refractivity contribution in [2.24, 2.45) is 0 Å². The van der Waals surface area contributed by atoms with Gasteiger partial charge in [-0.2, -0.15) is 0 Å². The maximum atomic E-state index is 13.2. The summed E-state index contributed by atoms with van der Waals surface area (Å²) in [6, 6.07) is 3.11. The molecule has 16 heavy (non-hydrogen) atoms. The average Bonchev–Trinajstić information content (AvgIpc) is 2.33. The molecule has 88 valence electrons. The number of methoxy groups -OCH3 is 1. The van der Waals surface area contributed by atoms with Crippen LogP contribution in [-0.2, 0) is 0 Å². The Labute approximate surface area is 94.2 Å². The van der Waals surface area contributed by atoms with Gasteiger partial charge in [0, 0.05) is 11.6 Å². The number of nitrogens with one attached hydrogen (secondary N) is 1. The molecule has 0 aliphatic carbocycles. The fourth-order valence-corrected chi connectivity index (χ4v) is 2.17. The van der Waals surface area contributed by atoms with E-state index in [4.69, 9.17) is 4.74 Å². The summed E-state index contributed by atoms with van der Waals surface area (Å²) in [6.07, 6.45) is 3.28. The van der Waals surface area contributed by atoms with Crippen molar-refractivity contribution in [2.75, 3.05) is 13.7 Å². The number of hydrogen-bond acceptors (Lipinski definition) is 3. The molecule has 4 heteroatoms. The second kappa shape index (κ2) is 4.70. The van der Waals surface area contributed by atoms with Gasteiger partial charge in [-0.25, -0.2) is 4.39 Å². The lowest BCUT2D eigenvalue weighted by Gasteiger charge is -2.25. The molecule has 0 spiro atoms. The minimum absolute atomic E-state index is 0.148. The Morgan fingerprint density at radius 2 is 2.25 bits per heavy atom. The molecule has 1 heterocycles. The first-order valence-electron chi connectivity index (χ1n) is 5.52. The molecular formula is C12H16FNO2. The number of benzene rings is 1. The Hall–Kier alpha value is -1.29. The third kappa shape index (κ3) is 1.97. The number of hydrogen-bond donors (Lipinski definition) is 2. The van der Waals surface area contributed by atoms with Gasteiger partial charge in [-0.1, -0.05) is 12.5 Å². The highest BCUT2D eigenvalue weighted by molar-refractivity contribution is 5.48. The van der Waals surface area contributed by atoms with Crippen LogP contribution in [0.2, 0.25) is 0 Å². The zero-order valence-electron chi connectivity index (χ0n) is 9.29. The van der Waals surface area contributed by atoms with Crippen LogP contribution in [0.1, 0.15) is 30.9 Å². The van der Waals surface area contributed by atoms with Gasteiger partial charge in [-0.05, 0) is 25.5 Å². The SMILES string of the molecule is COc1c(C2CCCCN2)ccc(F)c1O. The van der Waals surface area contributed by atoms with Gasteiger partial charge in [-0.3, -0.25) is 0 Å². The van der Waals surface area contributed by atoms with E-state index in [0.29, 0.717) is 0 Å². The molecule has 1 atom stereocenters. The molecule has 2 N–H and O–H groups in total. The molecule has 1 aromatic rings. The molecule has 1 unspecified atom stereocenters. The van der Waals surface area contributed by atoms with Gasteiger partial charge >= 0.3 is 0 Å². The largest absolute Gasteiger partial charge is 0.502 e. The molecule has 1 saturated heterocycles. The molecule has 1 fully saturated rings. The van der Waals surface area contributed by atoms with Crippen molar-refractivity contribution in [3.63, 3.8) is 0 Å². The molecule has 3 nitrogen and oxygen atoms in total. The molecule has 0 radical (unpaired) electrons. The van der Waals surface area contributed by atoms with E-state index >= 15 is 0 Å². The third-order valence-electron chi connectivity index (χ3n) is 3.00. The summed E-state index contributed by atoms with van der Waals surface area (Å²) in [4.78, 5) is 0. The third-order valence-corrected chi connectivity index (χ3v) is 3.00. The second-order valence-corrected chi connectivity index (χ2v) is 4.02. The van der Waals surface area contributed by atoms with E-state index in [1.165, 1.54) is 13.2 Å². The van der Waals surface area contributed by atoms with E-state index in [1.54, 1.807) is 6.07 Å². The maximum absolute atomic E-state index is 13.2. The Kier molecular flexibility index (Phi) is 3.29. The van der Waals surface area contributed by atoms with Crippen LogP contribution in [-0.4, -0.2) is 18.8 Å². The van der Waals surface area contributed by atoms with Gasteiger partial charge in [-0.15, -0.1) is 0 Å². The minimum Gasteiger partial charge on any atom is -0.502 e. The molecule has 1 aliphatic heterocycles. The summed E-state index contributed by atoms with van der Waals surface area (Å²) in [5, 5.41) is 12.9. The number of phenols is 1. The van der Waals surface area contributed by atoms with E-state index in [9.17, 15) is 9.50 Å². The summed E-state index contributed by atoms with van der Waals surface area (Å²) in [5.74, 6) is -0.789. The molecule has 0 saturated carbocycles. The molecule has 1 aliphatic rings. The van der Waals surface area contributed by atoms with Crippen molar-refractivity contribution in [1.29, 1.82) is 0 Å². The maximum Gasteiger partial charge on any atom is 0.194 e. The monoisotopic (exact) mass is 225 g/mol. The van der Waals surface area contributed by atoms with Crippen LogP contribution >= 0.6 is 0 Å². The Morgan fingerprint density at radius 1 is 1.44 bits per heavy atom. The zero-order chi connectivity index (χ0) is 11.5. The summed E-state index contributed by atoms with van der Waals surface area (Å²) in [5.41, 5.74) is 0.834. The van der Waals surface area contributed by atoms with Crippen LogP contribution in [0.3, 0.4) is 0 Å². The van der Waals surface area contributed by atoms with E-state index in [2.05, 4.69) is 5.32 Å². The quantitative estimate of drug-likeness (QED) is 0.811. The van der Waals surface area contributed by atoms with Gasteiger partial charge in [0.15, 0.2) is 17.3 Å². The predicted molar refractivity (Wildman–Crippen MR) is 59.2 cm³/mol. The predicted octanol–water partition coefficient (Wildman–Crippen LogP) is 2.35. The second-order valence-electron chi connectivity index (χ2n) is 4.02. The summed E-state index contributed by atoms with van der Waals surface area (Å²) in [6.45, 7) is 0.950. The van der Waals surface area contributed by atoms with Crippen LogP contribution in [0.15, 0.2) is 12.1 Å². The van der Waals surface area contributed by atoms with Gasteiger partial charge in [0.2, 0.25) is 0 Å². The number of halogens is 1. The highest BCUT2D eigenvalue weighted by Crippen LogP contribution is 2.38. The first-order chi connectivity index (χ1) is 7.74. The molecule has 0 bridgehead atoms. The number of piperidine rings is 1. The van der Waals surface area contributed by atoms with Crippen molar-refractivity contribution in [3.05, 3.63) is 23.5 Å². The van der Waals surface area contributed by atoms with Crippen molar-refractivity contribution < 1.29 is 14.2 Å². The van der Waals surface area contributed by atoms with E-state index in [1.807, 2.05) is 0 Å². The topological polar surface area (TPSA) is 41.5 Å². The highest BCUT2D eigenvalue weighted by Gasteiger charge is 2.22. The Bertz CT molecular complexity index is 376. The van der Waals surface area contributed by atoms with Crippen LogP contribution in [0.5, 0.6) is 11.5 Å². The Morgan fingerprint density at radius 3 is 2.88 bits per heavy atom. The standard InChI is InChI=1S/C12H16FNO2/c1-16-12-8(5-6-9(13)11(12)15)10-4-2-3-7-14-10/h5-6,10,14-15H,2-4,7H2,1H3. The fourth-order valence-electron chi connectivity index (χ4n) is 2.17. The van der Waals surface area contributed by atoms with Gasteiger partial charge < -0.3 is 15.2 Å². The molecule has 0 amide bonds. The summed E-state index contributed by atoms with van der Waals surface area (Å²) < 4.78 is 18.2. The van der Waals surface area contributed by atoms with Gasteiger partial charge in [0.25, 0.3) is 0 Å². The van der Waals surface area contributed by atoms with Crippen molar-refractivity contribution in [3.8, 4) is 11.5 Å². The Balaban J connectivity index is 2.35. The zero-order valence-corrected chi connectivity index (χ0v) is 9.29. The fraction of sp³-hybridized carbons (Fsp3) is 0.500. The van der Waals surface area contributed by atoms with Crippen LogP contribution < -0.4 is 10.1 Å². The normalized spacial score (nSPS) is 20.8. The smallest absolute Gasteiger partial charge is 0.194 e. The lowest BCUT2D eigenvalue weighted by Crippen LogP contribution is -2.27. The summed E-state index contributed by atoms with van der Waals surface area (Å²) in [7, 11) is 1.45. The van der Waals surface area contributed by atoms with E-state index in [0.717, 1.165) is 31.4 Å². The van der Waals surface area contributed by atoms with Crippen LogP contribution in [0.25, 0.3) is 0 Å². The highest BCUT2D eigenvalue weighted by atomic mass is 19.1. The average molecular weight is 225 g/mol. The van der Waals surface area contributed by atoms with Crippen molar-refractivity contribution in [1.82, 2.24) is 5.32 Å². The molecular weight excluding hydrogens is 209 g/mol. The van der Waals surface area contributed by atoms with Crippen LogP contribution in [0.4, 0.5) is 4.39 Å². The number of rotatable bonds is 2. The van der Waals surface area contributed by atoms with Crippen molar-refractivity contribution >= 4 is 0 Å². The lowest BCUT2D eigenvalue weighted by atomic mass is 9.96. The lowest BCUT2D eigenvalue weighted by molar-refractivity contribution is 0.338. The minimum atomic E-state index is -0.642. The molecule has 0 aromatic heterocycles. The number of aromatic hydroxyl groups is 1. The molecule has 2 rings (SSSR count). The number of phenolic OH excluding ortho intramolecular Hbond substituents is 1. The first kappa shape index (κ1) is 11.2. The summed E-state index contributed by atoms with van der Waals surface area (Å²) >= 11 is 0. The number of ether oxygens (including phenoxy) is 1. The first-order valence-corrected chi connectivity index (χ1v) is 5.52. The van der Waals surface area contributed by atoms with E-state index in [-0.39, 0.29) is 11.8 Å². The van der Waals surface area contributed by atoms with Gasteiger partial charge in [0.1, 0.15) is 0 Å². The van der Waals surface area contributed by atoms with Crippen molar-refractivity contribution in [2.45, 2.75) is 25.3 Å². The van der Waals surface area contributed by atoms with Gasteiger partial charge in [0.05, 0.1) is 7.11 Å². The molecule has 1 aromatic carbocycles. The van der Waals surface area contributed by atoms with Crippen LogP contribution in [0, 0.1) is 5.82 Å². The van der Waals surface area contributed by atoms with E-state index < -0.39 is 11.6 Å².